The quantitative estimate of drug-likeness (QED) is 0.641. The minimum atomic E-state index is -0.470. The van der Waals surface area contributed by atoms with Gasteiger partial charge < -0.3 is 10.1 Å². The summed E-state index contributed by atoms with van der Waals surface area (Å²) < 4.78 is 5.33. The highest BCUT2D eigenvalue weighted by Crippen LogP contribution is 2.38. The van der Waals surface area contributed by atoms with E-state index in [9.17, 15) is 14.9 Å². The molecule has 0 aliphatic heterocycles. The van der Waals surface area contributed by atoms with Crippen LogP contribution in [0.15, 0.2) is 12.2 Å². The number of amides is 1. The van der Waals surface area contributed by atoms with Crippen LogP contribution in [0.4, 0.5) is 5.00 Å². The molecule has 1 aromatic heterocycles. The van der Waals surface area contributed by atoms with Crippen LogP contribution in [-0.4, -0.2) is 18.0 Å². The Bertz CT molecular complexity index is 773. The van der Waals surface area contributed by atoms with Crippen LogP contribution >= 0.6 is 11.3 Å². The van der Waals surface area contributed by atoms with Crippen LogP contribution < -0.4 is 5.32 Å². The SMILES string of the molecule is CC(C)OC(=O)C1CC=CCC1C(=O)Nc1sc2c(c1C#N)CCCC2. The summed E-state index contributed by atoms with van der Waals surface area (Å²) in [5.74, 6) is -1.45. The molecule has 1 aromatic rings. The molecule has 5 nitrogen and oxygen atoms in total. The van der Waals surface area contributed by atoms with Gasteiger partial charge in [0.25, 0.3) is 0 Å². The summed E-state index contributed by atoms with van der Waals surface area (Å²) >= 11 is 1.51. The van der Waals surface area contributed by atoms with Gasteiger partial charge in [0.05, 0.1) is 23.5 Å². The van der Waals surface area contributed by atoms with Crippen molar-refractivity contribution in [1.82, 2.24) is 0 Å². The van der Waals surface area contributed by atoms with Gasteiger partial charge in [-0.15, -0.1) is 11.3 Å². The number of allylic oxidation sites excluding steroid dienone is 2. The Balaban J connectivity index is 1.78. The molecule has 2 aliphatic rings. The Morgan fingerprint density at radius 1 is 1.23 bits per heavy atom. The summed E-state index contributed by atoms with van der Waals surface area (Å²) in [6.45, 7) is 3.61. The monoisotopic (exact) mass is 372 g/mol. The largest absolute Gasteiger partial charge is 0.463 e. The maximum Gasteiger partial charge on any atom is 0.310 e. The molecule has 0 fully saturated rings. The number of nitriles is 1. The number of carbonyl (C=O) groups excluding carboxylic acids is 2. The van der Waals surface area contributed by atoms with Gasteiger partial charge in [0.15, 0.2) is 0 Å². The molecule has 0 aromatic carbocycles. The van der Waals surface area contributed by atoms with E-state index in [0.717, 1.165) is 31.2 Å². The van der Waals surface area contributed by atoms with Crippen molar-refractivity contribution < 1.29 is 14.3 Å². The van der Waals surface area contributed by atoms with E-state index < -0.39 is 11.8 Å². The highest BCUT2D eigenvalue weighted by molar-refractivity contribution is 7.16. The van der Waals surface area contributed by atoms with Gasteiger partial charge in [-0.3, -0.25) is 9.59 Å². The third-order valence-electron chi connectivity index (χ3n) is 4.94. The normalized spacial score (nSPS) is 21.8. The molecule has 1 heterocycles. The first-order valence-corrected chi connectivity index (χ1v) is 10.0. The van der Waals surface area contributed by atoms with E-state index in [1.807, 2.05) is 12.2 Å². The van der Waals surface area contributed by atoms with Crippen LogP contribution in [0.25, 0.3) is 0 Å². The van der Waals surface area contributed by atoms with E-state index in [4.69, 9.17) is 4.74 Å². The van der Waals surface area contributed by atoms with E-state index in [2.05, 4.69) is 11.4 Å². The van der Waals surface area contributed by atoms with Gasteiger partial charge in [-0.2, -0.15) is 5.26 Å². The summed E-state index contributed by atoms with van der Waals surface area (Å²) in [5, 5.41) is 13.1. The Morgan fingerprint density at radius 2 is 1.92 bits per heavy atom. The number of hydrogen-bond acceptors (Lipinski definition) is 5. The minimum absolute atomic E-state index is 0.199. The molecule has 26 heavy (non-hydrogen) atoms. The Labute approximate surface area is 158 Å². The third kappa shape index (κ3) is 3.83. The number of thiophene rings is 1. The highest BCUT2D eigenvalue weighted by Gasteiger charge is 2.36. The van der Waals surface area contributed by atoms with Gasteiger partial charge >= 0.3 is 5.97 Å². The van der Waals surface area contributed by atoms with Crippen molar-refractivity contribution in [3.8, 4) is 6.07 Å². The number of aryl methyl sites for hydroxylation is 1. The van der Waals surface area contributed by atoms with Gasteiger partial charge in [-0.1, -0.05) is 12.2 Å². The number of rotatable bonds is 4. The van der Waals surface area contributed by atoms with Crippen LogP contribution in [-0.2, 0) is 27.2 Å². The average Bonchev–Trinajstić information content (AvgIpc) is 2.98. The lowest BCUT2D eigenvalue weighted by molar-refractivity contribution is -0.156. The van der Waals surface area contributed by atoms with Crippen molar-refractivity contribution in [2.45, 2.75) is 58.5 Å². The third-order valence-corrected chi connectivity index (χ3v) is 6.15. The molecule has 0 bridgehead atoms. The first-order valence-electron chi connectivity index (χ1n) is 9.22. The zero-order chi connectivity index (χ0) is 18.7. The van der Waals surface area contributed by atoms with E-state index in [-0.39, 0.29) is 18.0 Å². The fourth-order valence-corrected chi connectivity index (χ4v) is 4.90. The van der Waals surface area contributed by atoms with E-state index in [1.165, 1.54) is 16.2 Å². The molecule has 1 amide bonds. The Hall–Kier alpha value is -2.13. The summed E-state index contributed by atoms with van der Waals surface area (Å²) in [4.78, 5) is 26.5. The molecule has 0 saturated carbocycles. The number of hydrogen-bond donors (Lipinski definition) is 1. The van der Waals surface area contributed by atoms with Gasteiger partial charge in [0.2, 0.25) is 5.91 Å². The van der Waals surface area contributed by atoms with Gasteiger partial charge in [0.1, 0.15) is 11.1 Å². The summed E-state index contributed by atoms with van der Waals surface area (Å²) in [6, 6.07) is 2.26. The number of ether oxygens (including phenoxy) is 1. The number of nitrogens with one attached hydrogen (secondary N) is 1. The molecule has 2 aliphatic carbocycles. The van der Waals surface area contributed by atoms with E-state index in [1.54, 1.807) is 13.8 Å². The molecule has 0 radical (unpaired) electrons. The molecular weight excluding hydrogens is 348 g/mol. The predicted molar refractivity (Wildman–Crippen MR) is 101 cm³/mol. The second-order valence-electron chi connectivity index (χ2n) is 7.16. The fourth-order valence-electron chi connectivity index (χ4n) is 3.66. The summed E-state index contributed by atoms with van der Waals surface area (Å²) in [7, 11) is 0. The number of anilines is 1. The molecule has 2 unspecified atom stereocenters. The number of carbonyl (C=O) groups is 2. The molecule has 138 valence electrons. The van der Waals surface area contributed by atoms with Crippen molar-refractivity contribution in [2.24, 2.45) is 11.8 Å². The number of esters is 1. The zero-order valence-electron chi connectivity index (χ0n) is 15.2. The highest BCUT2D eigenvalue weighted by atomic mass is 32.1. The Kier molecular flexibility index (Phi) is 5.77. The molecule has 3 rings (SSSR count). The molecule has 6 heteroatoms. The van der Waals surface area contributed by atoms with Crippen molar-refractivity contribution in [1.29, 1.82) is 5.26 Å². The lowest BCUT2D eigenvalue weighted by Gasteiger charge is -2.26. The first-order chi connectivity index (χ1) is 12.5. The van der Waals surface area contributed by atoms with Crippen molar-refractivity contribution in [3.63, 3.8) is 0 Å². The van der Waals surface area contributed by atoms with Crippen LogP contribution in [0.2, 0.25) is 0 Å². The van der Waals surface area contributed by atoms with Gasteiger partial charge in [-0.05, 0) is 57.9 Å². The fraction of sp³-hybridized carbons (Fsp3) is 0.550. The predicted octanol–water partition coefficient (Wildman–Crippen LogP) is 3.97. The molecule has 1 N–H and O–H groups in total. The topological polar surface area (TPSA) is 79.2 Å². The van der Waals surface area contributed by atoms with Gasteiger partial charge in [-0.25, -0.2) is 0 Å². The lowest BCUT2D eigenvalue weighted by atomic mass is 9.82. The van der Waals surface area contributed by atoms with Crippen LogP contribution in [0.5, 0.6) is 0 Å². The van der Waals surface area contributed by atoms with Crippen molar-refractivity contribution in [2.75, 3.05) is 5.32 Å². The smallest absolute Gasteiger partial charge is 0.310 e. The lowest BCUT2D eigenvalue weighted by Crippen LogP contribution is -2.36. The van der Waals surface area contributed by atoms with Crippen molar-refractivity contribution >= 4 is 28.2 Å². The molecule has 0 saturated heterocycles. The van der Waals surface area contributed by atoms with Crippen molar-refractivity contribution in [3.05, 3.63) is 28.2 Å². The summed E-state index contributed by atoms with van der Waals surface area (Å²) in [6.07, 6.45) is 8.78. The molecule has 0 spiro atoms. The molecule has 2 atom stereocenters. The van der Waals surface area contributed by atoms with Crippen LogP contribution in [0.3, 0.4) is 0 Å². The maximum absolute atomic E-state index is 12.9. The number of fused-ring (bicyclic) bond motifs is 1. The van der Waals surface area contributed by atoms with Crippen LogP contribution in [0.1, 0.15) is 55.5 Å². The maximum atomic E-state index is 12.9. The van der Waals surface area contributed by atoms with E-state index >= 15 is 0 Å². The molecular formula is C20H24N2O3S. The van der Waals surface area contributed by atoms with Gasteiger partial charge in [0, 0.05) is 4.88 Å². The second kappa shape index (κ2) is 8.05. The first kappa shape index (κ1) is 18.7. The Morgan fingerprint density at radius 3 is 2.62 bits per heavy atom. The number of nitrogens with zero attached hydrogens (tertiary/aromatic N) is 1. The summed E-state index contributed by atoms with van der Waals surface area (Å²) in [5.41, 5.74) is 1.70. The van der Waals surface area contributed by atoms with Crippen LogP contribution in [0, 0.1) is 23.2 Å². The second-order valence-corrected chi connectivity index (χ2v) is 8.26. The van der Waals surface area contributed by atoms with E-state index in [0.29, 0.717) is 23.4 Å². The standard InChI is InChI=1S/C20H24N2O3S/c1-12(2)25-20(24)15-9-4-3-8-14(15)18(23)22-19-16(11-21)13-7-5-6-10-17(13)26-19/h3-4,12,14-15H,5-10H2,1-2H3,(H,22,23). The zero-order valence-corrected chi connectivity index (χ0v) is 16.0. The average molecular weight is 372 g/mol. The minimum Gasteiger partial charge on any atom is -0.463 e.